The van der Waals surface area contributed by atoms with E-state index in [9.17, 15) is 19.5 Å². The molecule has 3 fully saturated rings. The van der Waals surface area contributed by atoms with Crippen LogP contribution in [0, 0.1) is 11.8 Å². The Bertz CT molecular complexity index is 649. The zero-order valence-electron chi connectivity index (χ0n) is 16.1. The summed E-state index contributed by atoms with van der Waals surface area (Å²) in [5.41, 5.74) is -0.425. The second-order valence-electron chi connectivity index (χ2n) is 8.84. The van der Waals surface area contributed by atoms with E-state index in [0.29, 0.717) is 0 Å². The molecule has 2 bridgehead atoms. The molecule has 0 saturated carbocycles. The number of hydrogen-bond donors (Lipinski definition) is 3. The maximum atomic E-state index is 13.3. The molecule has 146 valence electrons. The first-order chi connectivity index (χ1) is 12.0. The third-order valence-electron chi connectivity index (χ3n) is 5.89. The van der Waals surface area contributed by atoms with Crippen LogP contribution in [0.2, 0.25) is 0 Å². The topological polar surface area (TPSA) is 98.7 Å². The van der Waals surface area contributed by atoms with Gasteiger partial charge in [0.15, 0.2) is 0 Å². The minimum Gasteiger partial charge on any atom is -0.395 e. The number of carbonyl (C=O) groups is 3. The Balaban J connectivity index is 2.05. The average Bonchev–Trinajstić information content (AvgIpc) is 3.07. The number of β-amino-alcohol motifs (C(OH)–C–C–N with tert-alkyl or cyclic N) is 1. The van der Waals surface area contributed by atoms with Gasteiger partial charge in [-0.25, -0.2) is 0 Å². The Hall–Kier alpha value is -1.28. The molecule has 3 heterocycles. The highest BCUT2D eigenvalue weighted by Crippen LogP contribution is 2.71. The van der Waals surface area contributed by atoms with E-state index in [4.69, 9.17) is 0 Å². The van der Waals surface area contributed by atoms with Gasteiger partial charge in [-0.3, -0.25) is 14.4 Å². The van der Waals surface area contributed by atoms with Crippen molar-refractivity contribution in [1.82, 2.24) is 15.5 Å². The number of carbonyl (C=O) groups excluding carboxylic acids is 3. The summed E-state index contributed by atoms with van der Waals surface area (Å²) in [5, 5.41) is 15.2. The maximum Gasteiger partial charge on any atom is 0.244 e. The lowest BCUT2D eigenvalue weighted by atomic mass is 9.66. The number of nitrogens with one attached hydrogen (secondary N) is 2. The van der Waals surface area contributed by atoms with Crippen LogP contribution in [-0.4, -0.2) is 69.0 Å². The highest BCUT2D eigenvalue weighted by molar-refractivity contribution is 8.02. The van der Waals surface area contributed by atoms with Crippen LogP contribution in [0.4, 0.5) is 0 Å². The highest BCUT2D eigenvalue weighted by atomic mass is 32.2. The van der Waals surface area contributed by atoms with E-state index in [1.165, 1.54) is 4.90 Å². The summed E-state index contributed by atoms with van der Waals surface area (Å²) in [4.78, 5) is 40.5. The van der Waals surface area contributed by atoms with E-state index in [2.05, 4.69) is 10.6 Å². The number of thioether (sulfide) groups is 1. The van der Waals surface area contributed by atoms with Crippen LogP contribution in [0.1, 0.15) is 40.5 Å². The largest absolute Gasteiger partial charge is 0.395 e. The van der Waals surface area contributed by atoms with Gasteiger partial charge in [-0.05, 0) is 40.5 Å². The van der Waals surface area contributed by atoms with Crippen molar-refractivity contribution in [3.8, 4) is 0 Å². The normalized spacial score (nSPS) is 38.5. The van der Waals surface area contributed by atoms with Gasteiger partial charge in [-0.1, -0.05) is 0 Å². The van der Waals surface area contributed by atoms with Gasteiger partial charge in [-0.15, -0.1) is 11.8 Å². The molecule has 7 nitrogen and oxygen atoms in total. The summed E-state index contributed by atoms with van der Waals surface area (Å²) in [6.45, 7) is 7.65. The summed E-state index contributed by atoms with van der Waals surface area (Å²) in [5.74, 6) is -1.49. The Morgan fingerprint density at radius 1 is 1.31 bits per heavy atom. The number of rotatable bonds is 4. The van der Waals surface area contributed by atoms with E-state index in [0.717, 1.165) is 12.8 Å². The van der Waals surface area contributed by atoms with E-state index in [1.54, 1.807) is 18.8 Å². The molecule has 0 aliphatic carbocycles. The van der Waals surface area contributed by atoms with Crippen LogP contribution < -0.4 is 10.6 Å². The first kappa shape index (κ1) is 19.5. The van der Waals surface area contributed by atoms with E-state index in [-0.39, 0.29) is 35.6 Å². The van der Waals surface area contributed by atoms with Crippen molar-refractivity contribution in [3.05, 3.63) is 0 Å². The first-order valence-corrected chi connectivity index (χ1v) is 9.97. The third-order valence-corrected chi connectivity index (χ3v) is 7.88. The molecule has 3 saturated heterocycles. The molecule has 3 aliphatic heterocycles. The molecule has 0 aromatic heterocycles. The molecule has 3 N–H and O–H groups in total. The molecule has 1 spiro atoms. The van der Waals surface area contributed by atoms with Crippen LogP contribution in [0.15, 0.2) is 0 Å². The molecule has 8 heteroatoms. The van der Waals surface area contributed by atoms with Gasteiger partial charge in [0.05, 0.1) is 23.2 Å². The molecule has 2 unspecified atom stereocenters. The molecule has 3 rings (SSSR count). The van der Waals surface area contributed by atoms with Crippen molar-refractivity contribution < 1.29 is 19.5 Å². The summed E-state index contributed by atoms with van der Waals surface area (Å²) in [6.07, 6.45) is 1.52. The maximum absolute atomic E-state index is 13.3. The minimum absolute atomic E-state index is 0.108. The van der Waals surface area contributed by atoms with Crippen molar-refractivity contribution in [2.75, 3.05) is 20.2 Å². The standard InChI is InChI=1S/C18H29N3O4S/c1-16(2,3)20-14(24)12-18-7-6-17(4,26-18)10(13(23)19-5)11(18)15(25)21(12)8-9-22/h10-12,22H,6-9H2,1-5H3,(H,19,23)(H,20,24)/t10-,11+,12?,17+,18?/m1/s1. The van der Waals surface area contributed by atoms with Gasteiger partial charge in [0.1, 0.15) is 6.04 Å². The van der Waals surface area contributed by atoms with Gasteiger partial charge in [0.2, 0.25) is 17.7 Å². The van der Waals surface area contributed by atoms with Crippen molar-refractivity contribution in [1.29, 1.82) is 0 Å². The Labute approximate surface area is 158 Å². The zero-order chi connectivity index (χ0) is 19.5. The minimum atomic E-state index is -0.659. The number of aliphatic hydroxyl groups excluding tert-OH is 1. The molecule has 0 aromatic carbocycles. The number of nitrogens with zero attached hydrogens (tertiary/aromatic N) is 1. The van der Waals surface area contributed by atoms with E-state index in [1.807, 2.05) is 27.7 Å². The quantitative estimate of drug-likeness (QED) is 0.641. The highest BCUT2D eigenvalue weighted by Gasteiger charge is 2.76. The summed E-state index contributed by atoms with van der Waals surface area (Å²) >= 11 is 1.63. The van der Waals surface area contributed by atoms with Crippen LogP contribution in [0.25, 0.3) is 0 Å². The molecule has 3 aliphatic rings. The molecular weight excluding hydrogens is 354 g/mol. The van der Waals surface area contributed by atoms with Gasteiger partial charge in [0.25, 0.3) is 0 Å². The predicted octanol–water partition coefficient (Wildman–Crippen LogP) is 0.121. The van der Waals surface area contributed by atoms with Gasteiger partial charge in [-0.2, -0.15) is 0 Å². The first-order valence-electron chi connectivity index (χ1n) is 9.16. The fraction of sp³-hybridized carbons (Fsp3) is 0.833. The van der Waals surface area contributed by atoms with Crippen LogP contribution in [0.3, 0.4) is 0 Å². The van der Waals surface area contributed by atoms with E-state index < -0.39 is 28.2 Å². The lowest BCUT2D eigenvalue weighted by Gasteiger charge is -2.36. The fourth-order valence-corrected chi connectivity index (χ4v) is 7.43. The fourth-order valence-electron chi connectivity index (χ4n) is 5.07. The number of aliphatic hydroxyl groups is 1. The van der Waals surface area contributed by atoms with Crippen molar-refractivity contribution in [2.24, 2.45) is 11.8 Å². The lowest BCUT2D eigenvalue weighted by Crippen LogP contribution is -2.57. The molecule has 0 radical (unpaired) electrons. The van der Waals surface area contributed by atoms with Gasteiger partial charge >= 0.3 is 0 Å². The smallest absolute Gasteiger partial charge is 0.244 e. The molecular formula is C18H29N3O4S. The third kappa shape index (κ3) is 2.64. The van der Waals surface area contributed by atoms with Gasteiger partial charge < -0.3 is 20.6 Å². The Morgan fingerprint density at radius 3 is 2.50 bits per heavy atom. The monoisotopic (exact) mass is 383 g/mol. The van der Waals surface area contributed by atoms with E-state index >= 15 is 0 Å². The number of amides is 3. The van der Waals surface area contributed by atoms with Crippen LogP contribution in [-0.2, 0) is 14.4 Å². The second-order valence-corrected chi connectivity index (χ2v) is 10.7. The number of fused-ring (bicyclic) bond motifs is 1. The van der Waals surface area contributed by atoms with Crippen LogP contribution in [0.5, 0.6) is 0 Å². The lowest BCUT2D eigenvalue weighted by molar-refractivity contribution is -0.141. The SMILES string of the molecule is CNC(=O)[C@H]1[C@H]2C(=O)N(CCO)C(C(=O)NC(C)(C)C)C23CC[C@]1(C)S3. The second kappa shape index (κ2) is 6.12. The van der Waals surface area contributed by atoms with Crippen LogP contribution >= 0.6 is 11.8 Å². The van der Waals surface area contributed by atoms with Crippen molar-refractivity contribution >= 4 is 29.5 Å². The average molecular weight is 384 g/mol. The Kier molecular flexibility index (Phi) is 4.59. The zero-order valence-corrected chi connectivity index (χ0v) is 16.9. The van der Waals surface area contributed by atoms with Gasteiger partial charge in [0, 0.05) is 23.9 Å². The van der Waals surface area contributed by atoms with Crippen molar-refractivity contribution in [2.45, 2.75) is 61.6 Å². The summed E-state index contributed by atoms with van der Waals surface area (Å²) < 4.78 is -0.945. The molecule has 0 aromatic rings. The number of likely N-dealkylation sites (tertiary alicyclic amines) is 1. The molecule has 5 atom stereocenters. The molecule has 26 heavy (non-hydrogen) atoms. The predicted molar refractivity (Wildman–Crippen MR) is 99.5 cm³/mol. The summed E-state index contributed by atoms with van der Waals surface area (Å²) in [7, 11) is 1.59. The number of hydrogen-bond acceptors (Lipinski definition) is 5. The molecule has 3 amide bonds. The summed E-state index contributed by atoms with van der Waals surface area (Å²) in [6, 6.07) is -0.659. The van der Waals surface area contributed by atoms with Crippen molar-refractivity contribution in [3.63, 3.8) is 0 Å². The Morgan fingerprint density at radius 2 is 1.96 bits per heavy atom.